The molecule has 0 bridgehead atoms. The number of ketones is 1. The Labute approximate surface area is 64.7 Å². The quantitative estimate of drug-likeness (QED) is 0.652. The standard InChI is InChI=1S/C8H10OS/c1-2-8(9)5-7-3-4-10-6-7/h3-4,6H,2,5H2,1H3. The van der Waals surface area contributed by atoms with E-state index in [1.54, 1.807) is 11.3 Å². The Morgan fingerprint density at radius 1 is 1.70 bits per heavy atom. The second-order valence-electron chi connectivity index (χ2n) is 2.20. The second-order valence-corrected chi connectivity index (χ2v) is 2.98. The van der Waals surface area contributed by atoms with Crippen molar-refractivity contribution < 1.29 is 4.79 Å². The third-order valence-electron chi connectivity index (χ3n) is 1.38. The van der Waals surface area contributed by atoms with Crippen LogP contribution in [-0.2, 0) is 11.2 Å². The van der Waals surface area contributed by atoms with E-state index in [4.69, 9.17) is 0 Å². The molecule has 0 aliphatic carbocycles. The molecule has 1 aromatic heterocycles. The van der Waals surface area contributed by atoms with Gasteiger partial charge in [0.1, 0.15) is 5.78 Å². The lowest BCUT2D eigenvalue weighted by Crippen LogP contribution is -1.98. The van der Waals surface area contributed by atoms with E-state index in [-0.39, 0.29) is 0 Å². The molecule has 0 spiro atoms. The van der Waals surface area contributed by atoms with Crippen molar-refractivity contribution in [2.75, 3.05) is 0 Å². The summed E-state index contributed by atoms with van der Waals surface area (Å²) < 4.78 is 0. The van der Waals surface area contributed by atoms with E-state index in [2.05, 4.69) is 0 Å². The first-order valence-corrected chi connectivity index (χ1v) is 4.30. The number of hydrogen-bond acceptors (Lipinski definition) is 2. The fraction of sp³-hybridized carbons (Fsp3) is 0.375. The van der Waals surface area contributed by atoms with E-state index in [1.165, 1.54) is 0 Å². The summed E-state index contributed by atoms with van der Waals surface area (Å²) in [6.45, 7) is 1.90. The van der Waals surface area contributed by atoms with Gasteiger partial charge in [-0.3, -0.25) is 4.79 Å². The predicted molar refractivity (Wildman–Crippen MR) is 43.3 cm³/mol. The average Bonchev–Trinajstić information content (AvgIpc) is 2.40. The summed E-state index contributed by atoms with van der Waals surface area (Å²) in [4.78, 5) is 10.9. The van der Waals surface area contributed by atoms with Crippen LogP contribution in [0.25, 0.3) is 0 Å². The van der Waals surface area contributed by atoms with Crippen molar-refractivity contribution >= 4 is 17.1 Å². The molecule has 0 saturated heterocycles. The first kappa shape index (κ1) is 7.48. The average molecular weight is 154 g/mol. The summed E-state index contributed by atoms with van der Waals surface area (Å²) in [5.74, 6) is 0.318. The molecule has 0 atom stereocenters. The van der Waals surface area contributed by atoms with Gasteiger partial charge in [-0.15, -0.1) is 0 Å². The molecule has 0 unspecified atom stereocenters. The van der Waals surface area contributed by atoms with E-state index in [9.17, 15) is 4.79 Å². The highest BCUT2D eigenvalue weighted by Gasteiger charge is 1.99. The highest BCUT2D eigenvalue weighted by molar-refractivity contribution is 7.07. The van der Waals surface area contributed by atoms with Gasteiger partial charge in [-0.2, -0.15) is 11.3 Å². The third-order valence-corrected chi connectivity index (χ3v) is 2.11. The summed E-state index contributed by atoms with van der Waals surface area (Å²) in [5, 5.41) is 4.02. The van der Waals surface area contributed by atoms with E-state index < -0.39 is 0 Å². The van der Waals surface area contributed by atoms with Crippen LogP contribution in [0.3, 0.4) is 0 Å². The monoisotopic (exact) mass is 154 g/mol. The van der Waals surface area contributed by atoms with Crippen molar-refractivity contribution in [1.29, 1.82) is 0 Å². The smallest absolute Gasteiger partial charge is 0.137 e. The number of Topliss-reactive ketones (excluding diaryl/α,β-unsaturated/α-hetero) is 1. The van der Waals surface area contributed by atoms with Crippen LogP contribution in [-0.4, -0.2) is 5.78 Å². The molecule has 1 nitrogen and oxygen atoms in total. The molecule has 0 saturated carbocycles. The molecule has 0 aliphatic heterocycles. The molecule has 0 fully saturated rings. The Hall–Kier alpha value is -0.630. The lowest BCUT2D eigenvalue weighted by atomic mass is 10.1. The van der Waals surface area contributed by atoms with E-state index in [0.717, 1.165) is 5.56 Å². The molecule has 0 radical (unpaired) electrons. The minimum atomic E-state index is 0.318. The maximum Gasteiger partial charge on any atom is 0.137 e. The van der Waals surface area contributed by atoms with Gasteiger partial charge < -0.3 is 0 Å². The van der Waals surface area contributed by atoms with Crippen LogP contribution in [0.5, 0.6) is 0 Å². The zero-order valence-corrected chi connectivity index (χ0v) is 6.78. The van der Waals surface area contributed by atoms with Crippen molar-refractivity contribution in [2.24, 2.45) is 0 Å². The Balaban J connectivity index is 2.48. The topological polar surface area (TPSA) is 17.1 Å². The maximum absolute atomic E-state index is 10.9. The molecule has 0 aliphatic rings. The summed E-state index contributed by atoms with van der Waals surface area (Å²) in [6, 6.07) is 2.00. The van der Waals surface area contributed by atoms with Crippen LogP contribution >= 0.6 is 11.3 Å². The molecular formula is C8H10OS. The van der Waals surface area contributed by atoms with Gasteiger partial charge in [-0.25, -0.2) is 0 Å². The second kappa shape index (κ2) is 3.52. The van der Waals surface area contributed by atoms with Gasteiger partial charge in [0.15, 0.2) is 0 Å². The zero-order chi connectivity index (χ0) is 7.40. The lowest BCUT2D eigenvalue weighted by Gasteiger charge is -1.91. The van der Waals surface area contributed by atoms with Gasteiger partial charge in [0, 0.05) is 12.8 Å². The molecule has 1 rings (SSSR count). The fourth-order valence-electron chi connectivity index (χ4n) is 0.746. The van der Waals surface area contributed by atoms with Crippen LogP contribution in [0.2, 0.25) is 0 Å². The number of carbonyl (C=O) groups is 1. The van der Waals surface area contributed by atoms with Crippen molar-refractivity contribution in [3.8, 4) is 0 Å². The molecule has 0 N–H and O–H groups in total. The number of hydrogen-bond donors (Lipinski definition) is 0. The van der Waals surface area contributed by atoms with Crippen LogP contribution in [0, 0.1) is 0 Å². The summed E-state index contributed by atoms with van der Waals surface area (Å²) in [6.07, 6.45) is 1.26. The van der Waals surface area contributed by atoms with Crippen LogP contribution in [0.1, 0.15) is 18.9 Å². The van der Waals surface area contributed by atoms with Crippen LogP contribution in [0.4, 0.5) is 0 Å². The summed E-state index contributed by atoms with van der Waals surface area (Å²) in [7, 11) is 0. The maximum atomic E-state index is 10.9. The van der Waals surface area contributed by atoms with Crippen molar-refractivity contribution in [2.45, 2.75) is 19.8 Å². The summed E-state index contributed by atoms with van der Waals surface area (Å²) >= 11 is 1.64. The van der Waals surface area contributed by atoms with Gasteiger partial charge >= 0.3 is 0 Å². The zero-order valence-electron chi connectivity index (χ0n) is 5.96. The van der Waals surface area contributed by atoms with Gasteiger partial charge in [0.2, 0.25) is 0 Å². The Morgan fingerprint density at radius 2 is 2.50 bits per heavy atom. The van der Waals surface area contributed by atoms with Gasteiger partial charge in [-0.1, -0.05) is 6.92 Å². The molecule has 1 aromatic rings. The predicted octanol–water partition coefficient (Wildman–Crippen LogP) is 2.27. The Morgan fingerprint density at radius 3 is 3.00 bits per heavy atom. The van der Waals surface area contributed by atoms with Crippen LogP contribution in [0.15, 0.2) is 16.8 Å². The minimum Gasteiger partial charge on any atom is -0.299 e. The van der Waals surface area contributed by atoms with E-state index >= 15 is 0 Å². The molecule has 0 aromatic carbocycles. The van der Waals surface area contributed by atoms with Crippen LogP contribution < -0.4 is 0 Å². The molecule has 54 valence electrons. The lowest BCUT2D eigenvalue weighted by molar-refractivity contribution is -0.118. The van der Waals surface area contributed by atoms with Gasteiger partial charge in [0.25, 0.3) is 0 Å². The first-order valence-electron chi connectivity index (χ1n) is 3.35. The van der Waals surface area contributed by atoms with Gasteiger partial charge in [0.05, 0.1) is 0 Å². The molecule has 2 heteroatoms. The SMILES string of the molecule is CCC(=O)Cc1ccsc1. The van der Waals surface area contributed by atoms with E-state index in [0.29, 0.717) is 18.6 Å². The Bertz CT molecular complexity index is 201. The number of rotatable bonds is 3. The fourth-order valence-corrected chi connectivity index (χ4v) is 1.41. The van der Waals surface area contributed by atoms with Crippen molar-refractivity contribution in [1.82, 2.24) is 0 Å². The van der Waals surface area contributed by atoms with Crippen molar-refractivity contribution in [3.05, 3.63) is 22.4 Å². The highest BCUT2D eigenvalue weighted by atomic mass is 32.1. The largest absolute Gasteiger partial charge is 0.299 e. The van der Waals surface area contributed by atoms with Crippen molar-refractivity contribution in [3.63, 3.8) is 0 Å². The first-order chi connectivity index (χ1) is 4.83. The summed E-state index contributed by atoms with van der Waals surface area (Å²) in [5.41, 5.74) is 1.15. The minimum absolute atomic E-state index is 0.318. The molecule has 1 heterocycles. The van der Waals surface area contributed by atoms with E-state index in [1.807, 2.05) is 23.8 Å². The molecule has 10 heavy (non-hydrogen) atoms. The number of thiophene rings is 1. The van der Waals surface area contributed by atoms with Gasteiger partial charge in [-0.05, 0) is 22.4 Å². The third kappa shape index (κ3) is 1.95. The number of carbonyl (C=O) groups excluding carboxylic acids is 1. The molecular weight excluding hydrogens is 144 g/mol. The highest BCUT2D eigenvalue weighted by Crippen LogP contribution is 2.07. The Kier molecular flexibility index (Phi) is 2.63. The molecule has 0 amide bonds. The normalized spacial score (nSPS) is 9.70.